The highest BCUT2D eigenvalue weighted by Gasteiger charge is 2.61. The van der Waals surface area contributed by atoms with E-state index in [4.69, 9.17) is 14.2 Å². The van der Waals surface area contributed by atoms with Crippen molar-refractivity contribution in [3.05, 3.63) is 30.5 Å². The molecule has 2 aliphatic carbocycles. The fourth-order valence-corrected chi connectivity index (χ4v) is 6.68. The summed E-state index contributed by atoms with van der Waals surface area (Å²) < 4.78 is 17.9. The standard InChI is InChI=1S/C36H48N2O8/c1-8-22-18-36(22,33(42)43)19-29(39)28-16-25(20-38(28)32(41)27(34(2,3)4)17-30(40)46-35(5,6)7)45-31-26-12-11-24(44-23-9-10-23)15-21(26)13-14-37-31/h11-15,22-23,25,27-28H,8-10,16-20H2,1-7H3,(H,42,43)/t22-,25-,27-,28+,36-/m1/s1. The second-order valence-electron chi connectivity index (χ2n) is 15.4. The number of rotatable bonds is 12. The summed E-state index contributed by atoms with van der Waals surface area (Å²) in [6, 6.07) is 6.75. The third-order valence-corrected chi connectivity index (χ3v) is 9.50. The van der Waals surface area contributed by atoms with Crippen LogP contribution in [0.3, 0.4) is 0 Å². The van der Waals surface area contributed by atoms with Crippen LogP contribution < -0.4 is 9.47 Å². The number of hydrogen-bond acceptors (Lipinski definition) is 8. The maximum atomic E-state index is 14.3. The summed E-state index contributed by atoms with van der Waals surface area (Å²) in [5, 5.41) is 11.7. The van der Waals surface area contributed by atoms with Gasteiger partial charge < -0.3 is 24.2 Å². The van der Waals surface area contributed by atoms with Gasteiger partial charge in [-0.1, -0.05) is 34.1 Å². The van der Waals surface area contributed by atoms with E-state index in [2.05, 4.69) is 4.98 Å². The average molecular weight is 637 g/mol. The molecule has 3 fully saturated rings. The number of benzene rings is 1. The molecule has 1 aliphatic heterocycles. The van der Waals surface area contributed by atoms with E-state index in [9.17, 15) is 24.3 Å². The summed E-state index contributed by atoms with van der Waals surface area (Å²) in [6.07, 6.45) is 4.48. The number of aromatic nitrogens is 1. The van der Waals surface area contributed by atoms with E-state index in [0.29, 0.717) is 18.7 Å². The maximum Gasteiger partial charge on any atom is 0.310 e. The summed E-state index contributed by atoms with van der Waals surface area (Å²) in [5.41, 5.74) is -2.43. The van der Waals surface area contributed by atoms with Crippen LogP contribution in [0.2, 0.25) is 0 Å². The van der Waals surface area contributed by atoms with Crippen molar-refractivity contribution in [2.24, 2.45) is 22.7 Å². The minimum atomic E-state index is -1.10. The second-order valence-corrected chi connectivity index (χ2v) is 15.4. The number of carbonyl (C=O) groups excluding carboxylic acids is 3. The first-order valence-electron chi connectivity index (χ1n) is 16.5. The highest BCUT2D eigenvalue weighted by atomic mass is 16.6. The van der Waals surface area contributed by atoms with Crippen LogP contribution in [0.1, 0.15) is 93.4 Å². The molecule has 250 valence electrons. The zero-order valence-electron chi connectivity index (χ0n) is 28.1. The highest BCUT2D eigenvalue weighted by Crippen LogP contribution is 2.57. The van der Waals surface area contributed by atoms with Crippen LogP contribution >= 0.6 is 0 Å². The number of amides is 1. The summed E-state index contributed by atoms with van der Waals surface area (Å²) >= 11 is 0. The molecule has 2 aromatic rings. The number of pyridine rings is 1. The lowest BCUT2D eigenvalue weighted by Crippen LogP contribution is -2.48. The quantitative estimate of drug-likeness (QED) is 0.280. The number of Topliss-reactive ketones (excluding diaryl/α,β-unsaturated/α-hetero) is 1. The first kappa shape index (κ1) is 33.7. The zero-order chi connectivity index (χ0) is 33.6. The Labute approximate surface area is 271 Å². The van der Waals surface area contributed by atoms with Gasteiger partial charge in [0.15, 0.2) is 5.78 Å². The Morgan fingerprint density at radius 3 is 2.35 bits per heavy atom. The fourth-order valence-electron chi connectivity index (χ4n) is 6.68. The molecule has 2 heterocycles. The molecule has 1 amide bonds. The predicted octanol–water partition coefficient (Wildman–Crippen LogP) is 5.98. The van der Waals surface area contributed by atoms with Crippen molar-refractivity contribution < 1.29 is 38.5 Å². The molecular weight excluding hydrogens is 588 g/mol. The van der Waals surface area contributed by atoms with Crippen molar-refractivity contribution >= 4 is 34.4 Å². The number of carbonyl (C=O) groups is 4. The lowest BCUT2D eigenvalue weighted by molar-refractivity contribution is -0.161. The largest absolute Gasteiger partial charge is 0.490 e. The molecule has 1 N–H and O–H groups in total. The van der Waals surface area contributed by atoms with E-state index in [0.717, 1.165) is 29.4 Å². The van der Waals surface area contributed by atoms with E-state index in [1.54, 1.807) is 27.0 Å². The summed E-state index contributed by atoms with van der Waals surface area (Å²) in [7, 11) is 0. The Hall–Kier alpha value is -3.69. The van der Waals surface area contributed by atoms with Gasteiger partial charge in [0, 0.05) is 24.4 Å². The number of hydrogen-bond donors (Lipinski definition) is 1. The lowest BCUT2D eigenvalue weighted by Gasteiger charge is -2.35. The van der Waals surface area contributed by atoms with Crippen LogP contribution in [0.25, 0.3) is 10.8 Å². The van der Waals surface area contributed by atoms with Gasteiger partial charge in [-0.3, -0.25) is 19.2 Å². The van der Waals surface area contributed by atoms with Crippen molar-refractivity contribution in [1.29, 1.82) is 0 Å². The van der Waals surface area contributed by atoms with Crippen LogP contribution in [0, 0.1) is 22.7 Å². The molecule has 1 aromatic heterocycles. The van der Waals surface area contributed by atoms with E-state index in [1.807, 2.05) is 52.0 Å². The van der Waals surface area contributed by atoms with Crippen LogP contribution in [-0.4, -0.2) is 69.0 Å². The van der Waals surface area contributed by atoms with E-state index >= 15 is 0 Å². The number of nitrogens with zero attached hydrogens (tertiary/aromatic N) is 2. The van der Waals surface area contributed by atoms with Gasteiger partial charge in [-0.25, -0.2) is 4.98 Å². The number of ketones is 1. The first-order chi connectivity index (χ1) is 21.5. The topological polar surface area (TPSA) is 132 Å². The minimum Gasteiger partial charge on any atom is -0.490 e. The predicted molar refractivity (Wildman–Crippen MR) is 171 cm³/mol. The molecule has 1 aromatic carbocycles. The zero-order valence-corrected chi connectivity index (χ0v) is 28.1. The second kappa shape index (κ2) is 12.5. The van der Waals surface area contributed by atoms with Gasteiger partial charge in [0.1, 0.15) is 17.5 Å². The summed E-state index contributed by atoms with van der Waals surface area (Å²) in [6.45, 7) is 13.0. The maximum absolute atomic E-state index is 14.3. The van der Waals surface area contributed by atoms with Gasteiger partial charge in [-0.15, -0.1) is 0 Å². The van der Waals surface area contributed by atoms with Crippen LogP contribution in [0.5, 0.6) is 11.6 Å². The monoisotopic (exact) mass is 636 g/mol. The highest BCUT2D eigenvalue weighted by molar-refractivity contribution is 5.95. The Bertz CT molecular complexity index is 1500. The third-order valence-electron chi connectivity index (χ3n) is 9.50. The van der Waals surface area contributed by atoms with E-state index in [-0.39, 0.29) is 49.5 Å². The number of aliphatic carboxylic acids is 1. The Morgan fingerprint density at radius 2 is 1.76 bits per heavy atom. The molecule has 0 bridgehead atoms. The summed E-state index contributed by atoms with van der Waals surface area (Å²) in [5.74, 6) is -1.78. The smallest absolute Gasteiger partial charge is 0.310 e. The molecule has 10 heteroatoms. The number of likely N-dealkylation sites (tertiary alicyclic amines) is 1. The normalized spacial score (nSPS) is 25.2. The Kier molecular flexibility index (Phi) is 9.14. The number of carboxylic acids is 1. The minimum absolute atomic E-state index is 0.0743. The molecule has 1 saturated heterocycles. The number of fused-ring (bicyclic) bond motifs is 1. The van der Waals surface area contributed by atoms with Gasteiger partial charge in [0.25, 0.3) is 0 Å². The lowest BCUT2D eigenvalue weighted by atomic mass is 9.77. The van der Waals surface area contributed by atoms with Crippen molar-refractivity contribution in [3.63, 3.8) is 0 Å². The van der Waals surface area contributed by atoms with E-state index < -0.39 is 46.4 Å². The van der Waals surface area contributed by atoms with Gasteiger partial charge in [-0.05, 0) is 81.0 Å². The molecule has 0 radical (unpaired) electrons. The van der Waals surface area contributed by atoms with Crippen LogP contribution in [0.4, 0.5) is 0 Å². The SMILES string of the molecule is CC[C@@H]1C[C@]1(CC(=O)[C@@H]1C[C@@H](Oc2nccc3cc(OC4CC4)ccc23)CN1C(=O)[C@@H](CC(=O)OC(C)(C)C)C(C)(C)C)C(=O)O. The number of ether oxygens (including phenoxy) is 3. The van der Waals surface area contributed by atoms with Gasteiger partial charge in [0.2, 0.25) is 11.8 Å². The first-order valence-corrected chi connectivity index (χ1v) is 16.5. The van der Waals surface area contributed by atoms with Crippen LogP contribution in [0.15, 0.2) is 30.5 Å². The number of esters is 1. The molecule has 0 spiro atoms. The molecule has 10 nitrogen and oxygen atoms in total. The van der Waals surface area contributed by atoms with Gasteiger partial charge >= 0.3 is 11.9 Å². The molecular formula is C36H48N2O8. The van der Waals surface area contributed by atoms with Crippen molar-refractivity contribution in [2.45, 2.75) is 117 Å². The molecule has 5 rings (SSSR count). The van der Waals surface area contributed by atoms with Gasteiger partial charge in [-0.2, -0.15) is 0 Å². The molecule has 3 aliphatic rings. The van der Waals surface area contributed by atoms with Gasteiger partial charge in [0.05, 0.1) is 36.4 Å². The Balaban J connectivity index is 1.41. The van der Waals surface area contributed by atoms with Crippen molar-refractivity contribution in [2.75, 3.05) is 6.54 Å². The van der Waals surface area contributed by atoms with E-state index in [1.165, 1.54) is 4.90 Å². The summed E-state index contributed by atoms with van der Waals surface area (Å²) in [4.78, 5) is 59.5. The van der Waals surface area contributed by atoms with Crippen molar-refractivity contribution in [1.82, 2.24) is 9.88 Å². The molecule has 46 heavy (non-hydrogen) atoms. The third kappa shape index (κ3) is 7.47. The molecule has 2 saturated carbocycles. The average Bonchev–Trinajstić information content (AvgIpc) is 3.86. The van der Waals surface area contributed by atoms with Crippen LogP contribution in [-0.2, 0) is 23.9 Å². The molecule has 5 atom stereocenters. The van der Waals surface area contributed by atoms with Crippen molar-refractivity contribution in [3.8, 4) is 11.6 Å². The fraction of sp³-hybridized carbons (Fsp3) is 0.639. The molecule has 0 unspecified atom stereocenters. The number of carboxylic acid groups (broad SMARTS) is 1. The Morgan fingerprint density at radius 1 is 1.04 bits per heavy atom.